The summed E-state index contributed by atoms with van der Waals surface area (Å²) in [5, 5.41) is 5.03. The molecule has 7 heteroatoms. The molecule has 0 aliphatic rings. The fraction of sp³-hybridized carbons (Fsp3) is 0. The van der Waals surface area contributed by atoms with E-state index in [2.05, 4.69) is 22.6 Å². The smallest absolute Gasteiger partial charge is 0.240 e. The molecule has 0 saturated heterocycles. The average Bonchev–Trinajstić information content (AvgIpc) is 2.30. The number of anilines is 1. The van der Waals surface area contributed by atoms with Crippen LogP contribution in [0.4, 0.5) is 5.69 Å². The highest BCUT2D eigenvalue weighted by molar-refractivity contribution is 14.1. The molecule has 0 amide bonds. The lowest BCUT2D eigenvalue weighted by molar-refractivity contribution is 0.479. The number of hydrogen-bond acceptors (Lipinski definition) is 4. The molecule has 0 unspecified atom stereocenters. The summed E-state index contributed by atoms with van der Waals surface area (Å²) < 4.78 is 29.0. The van der Waals surface area contributed by atoms with Crippen LogP contribution in [0, 0.1) is 3.57 Å². The third kappa shape index (κ3) is 3.37. The molecule has 0 atom stereocenters. The summed E-state index contributed by atoms with van der Waals surface area (Å²) in [6.45, 7) is 0. The number of hydrogen-bond donors (Lipinski definition) is 2. The van der Waals surface area contributed by atoms with Crippen LogP contribution in [-0.2, 0) is 10.0 Å². The van der Waals surface area contributed by atoms with Gasteiger partial charge in [0.2, 0.25) is 10.0 Å². The number of nitrogen functional groups attached to an aromatic ring is 1. The van der Waals surface area contributed by atoms with Crippen LogP contribution in [0.5, 0.6) is 11.5 Å². The molecule has 2 aromatic carbocycles. The average molecular weight is 390 g/mol. The minimum atomic E-state index is -3.81. The SMILES string of the molecule is Nc1cc(Oc2ccccc2I)ccc1S(N)(=O)=O. The van der Waals surface area contributed by atoms with E-state index in [-0.39, 0.29) is 10.6 Å². The van der Waals surface area contributed by atoms with Gasteiger partial charge in [0.15, 0.2) is 0 Å². The molecule has 0 heterocycles. The summed E-state index contributed by atoms with van der Waals surface area (Å²) in [4.78, 5) is -0.109. The van der Waals surface area contributed by atoms with E-state index in [9.17, 15) is 8.42 Å². The molecule has 0 fully saturated rings. The van der Waals surface area contributed by atoms with Crippen LogP contribution < -0.4 is 15.6 Å². The Morgan fingerprint density at radius 1 is 1.11 bits per heavy atom. The Kier molecular flexibility index (Phi) is 3.97. The molecule has 0 spiro atoms. The predicted octanol–water partition coefficient (Wildman–Crippen LogP) is 2.31. The third-order valence-electron chi connectivity index (χ3n) is 2.35. The maximum Gasteiger partial charge on any atom is 0.240 e. The number of halogens is 1. The quantitative estimate of drug-likeness (QED) is 0.621. The first kappa shape index (κ1) is 14.1. The van der Waals surface area contributed by atoms with Crippen molar-refractivity contribution in [2.24, 2.45) is 5.14 Å². The van der Waals surface area contributed by atoms with E-state index in [1.807, 2.05) is 24.3 Å². The van der Waals surface area contributed by atoms with Crippen molar-refractivity contribution in [3.05, 3.63) is 46.0 Å². The summed E-state index contributed by atoms with van der Waals surface area (Å²) in [5.74, 6) is 1.12. The molecule has 2 aromatic rings. The number of benzene rings is 2. The number of para-hydroxylation sites is 1. The van der Waals surface area contributed by atoms with Crippen molar-refractivity contribution in [1.82, 2.24) is 0 Å². The lowest BCUT2D eigenvalue weighted by Gasteiger charge is -2.09. The van der Waals surface area contributed by atoms with Crippen LogP contribution in [0.2, 0.25) is 0 Å². The van der Waals surface area contributed by atoms with Crippen molar-refractivity contribution in [2.75, 3.05) is 5.73 Å². The van der Waals surface area contributed by atoms with E-state index in [1.54, 1.807) is 0 Å². The van der Waals surface area contributed by atoms with Gasteiger partial charge in [0.25, 0.3) is 0 Å². The Balaban J connectivity index is 2.34. The Morgan fingerprint density at radius 3 is 2.37 bits per heavy atom. The van der Waals surface area contributed by atoms with Gasteiger partial charge in [-0.3, -0.25) is 0 Å². The first-order valence-corrected chi connectivity index (χ1v) is 7.85. The second-order valence-electron chi connectivity index (χ2n) is 3.78. The first-order valence-electron chi connectivity index (χ1n) is 5.22. The van der Waals surface area contributed by atoms with E-state index in [0.29, 0.717) is 11.5 Å². The van der Waals surface area contributed by atoms with Gasteiger partial charge in [0, 0.05) is 6.07 Å². The Bertz CT molecular complexity index is 717. The van der Waals surface area contributed by atoms with Gasteiger partial charge in [0.1, 0.15) is 16.4 Å². The van der Waals surface area contributed by atoms with E-state index < -0.39 is 10.0 Å². The van der Waals surface area contributed by atoms with Crippen molar-refractivity contribution in [2.45, 2.75) is 4.90 Å². The van der Waals surface area contributed by atoms with Crippen molar-refractivity contribution < 1.29 is 13.2 Å². The van der Waals surface area contributed by atoms with E-state index in [1.165, 1.54) is 18.2 Å². The highest BCUT2D eigenvalue weighted by atomic mass is 127. The van der Waals surface area contributed by atoms with Crippen LogP contribution in [0.15, 0.2) is 47.4 Å². The molecule has 0 aliphatic carbocycles. The molecule has 0 aromatic heterocycles. The van der Waals surface area contributed by atoms with Crippen LogP contribution in [0.1, 0.15) is 0 Å². The van der Waals surface area contributed by atoms with Gasteiger partial charge in [0.05, 0.1) is 9.26 Å². The summed E-state index contributed by atoms with van der Waals surface area (Å²) in [5.41, 5.74) is 5.72. The lowest BCUT2D eigenvalue weighted by atomic mass is 10.3. The Hall–Kier alpha value is -1.32. The van der Waals surface area contributed by atoms with Gasteiger partial charge in [-0.2, -0.15) is 0 Å². The minimum Gasteiger partial charge on any atom is -0.456 e. The topological polar surface area (TPSA) is 95.4 Å². The van der Waals surface area contributed by atoms with Crippen LogP contribution in [0.25, 0.3) is 0 Å². The molecule has 0 aliphatic heterocycles. The zero-order valence-corrected chi connectivity index (χ0v) is 12.7. The van der Waals surface area contributed by atoms with Crippen molar-refractivity contribution in [3.63, 3.8) is 0 Å². The van der Waals surface area contributed by atoms with Gasteiger partial charge in [-0.25, -0.2) is 13.6 Å². The molecular weight excluding hydrogens is 379 g/mol. The highest BCUT2D eigenvalue weighted by Crippen LogP contribution is 2.29. The molecule has 0 radical (unpaired) electrons. The van der Waals surface area contributed by atoms with Crippen molar-refractivity contribution in [1.29, 1.82) is 0 Å². The van der Waals surface area contributed by atoms with Gasteiger partial charge >= 0.3 is 0 Å². The van der Waals surface area contributed by atoms with E-state index >= 15 is 0 Å². The highest BCUT2D eigenvalue weighted by Gasteiger charge is 2.13. The molecule has 100 valence electrons. The second kappa shape index (κ2) is 5.35. The van der Waals surface area contributed by atoms with Crippen molar-refractivity contribution in [3.8, 4) is 11.5 Å². The standard InChI is InChI=1S/C12H11IN2O3S/c13-9-3-1-2-4-11(9)18-8-5-6-12(10(14)7-8)19(15,16)17/h1-7H,14H2,(H2,15,16,17). The van der Waals surface area contributed by atoms with Crippen molar-refractivity contribution >= 4 is 38.3 Å². The van der Waals surface area contributed by atoms with Gasteiger partial charge in [-0.05, 0) is 46.9 Å². The summed E-state index contributed by atoms with van der Waals surface area (Å²) >= 11 is 2.14. The molecule has 2 rings (SSSR count). The number of primary sulfonamides is 1. The van der Waals surface area contributed by atoms with Crippen LogP contribution >= 0.6 is 22.6 Å². The van der Waals surface area contributed by atoms with E-state index in [4.69, 9.17) is 15.6 Å². The minimum absolute atomic E-state index is 0.0611. The normalized spacial score (nSPS) is 11.3. The number of sulfonamides is 1. The number of rotatable bonds is 3. The maximum atomic E-state index is 11.2. The first-order chi connectivity index (χ1) is 8.88. The number of ether oxygens (including phenoxy) is 1. The zero-order chi connectivity index (χ0) is 14.0. The number of nitrogens with two attached hydrogens (primary N) is 2. The molecule has 4 N–H and O–H groups in total. The van der Waals surface area contributed by atoms with Gasteiger partial charge in [-0.1, -0.05) is 12.1 Å². The molecular formula is C12H11IN2O3S. The van der Waals surface area contributed by atoms with Gasteiger partial charge in [-0.15, -0.1) is 0 Å². The molecule has 5 nitrogen and oxygen atoms in total. The largest absolute Gasteiger partial charge is 0.456 e. The summed E-state index contributed by atoms with van der Waals surface area (Å²) in [7, 11) is -3.81. The van der Waals surface area contributed by atoms with Crippen LogP contribution in [0.3, 0.4) is 0 Å². The summed E-state index contributed by atoms with van der Waals surface area (Å²) in [6.07, 6.45) is 0. The molecule has 0 saturated carbocycles. The predicted molar refractivity (Wildman–Crippen MR) is 81.5 cm³/mol. The molecule has 19 heavy (non-hydrogen) atoms. The fourth-order valence-corrected chi connectivity index (χ4v) is 2.65. The van der Waals surface area contributed by atoms with Crippen LogP contribution in [-0.4, -0.2) is 8.42 Å². The second-order valence-corrected chi connectivity index (χ2v) is 6.47. The maximum absolute atomic E-state index is 11.2. The molecule has 0 bridgehead atoms. The summed E-state index contributed by atoms with van der Waals surface area (Å²) in [6, 6.07) is 11.7. The Morgan fingerprint density at radius 2 is 1.79 bits per heavy atom. The fourth-order valence-electron chi connectivity index (χ4n) is 1.50. The van der Waals surface area contributed by atoms with Gasteiger partial charge < -0.3 is 10.5 Å². The van der Waals surface area contributed by atoms with E-state index in [0.717, 1.165) is 3.57 Å². The monoisotopic (exact) mass is 390 g/mol. The lowest BCUT2D eigenvalue weighted by Crippen LogP contribution is -2.14. The Labute approximate surface area is 124 Å². The zero-order valence-electron chi connectivity index (χ0n) is 9.71. The third-order valence-corrected chi connectivity index (χ3v) is 4.23.